The first-order chi connectivity index (χ1) is 8.73. The fourth-order valence-corrected chi connectivity index (χ4v) is 5.50. The van der Waals surface area contributed by atoms with Crippen LogP contribution in [0.2, 0.25) is 0 Å². The topological polar surface area (TPSA) is 66.6 Å². The van der Waals surface area contributed by atoms with E-state index in [1.165, 1.54) is 12.8 Å². The molecule has 2 atom stereocenters. The SMILES string of the molecule is CC(C)(C)N(C(=O)O)C12CC3C[C@@H](C1)C(N)[C@@H](C3)C2. The first-order valence-corrected chi connectivity index (χ1v) is 7.52. The fourth-order valence-electron chi connectivity index (χ4n) is 5.50. The summed E-state index contributed by atoms with van der Waals surface area (Å²) in [6.07, 6.45) is 4.68. The molecule has 0 aromatic carbocycles. The molecule has 0 heterocycles. The number of hydrogen-bond acceptors (Lipinski definition) is 2. The van der Waals surface area contributed by atoms with E-state index < -0.39 is 6.09 Å². The van der Waals surface area contributed by atoms with Crippen molar-refractivity contribution in [3.05, 3.63) is 0 Å². The van der Waals surface area contributed by atoms with E-state index in [0.29, 0.717) is 23.8 Å². The van der Waals surface area contributed by atoms with Crippen molar-refractivity contribution in [2.24, 2.45) is 23.5 Å². The number of rotatable bonds is 1. The molecule has 4 heteroatoms. The molecule has 4 aliphatic rings. The van der Waals surface area contributed by atoms with Crippen LogP contribution in [0.15, 0.2) is 0 Å². The quantitative estimate of drug-likeness (QED) is 0.766. The molecular weight excluding hydrogens is 240 g/mol. The summed E-state index contributed by atoms with van der Waals surface area (Å²) in [4.78, 5) is 13.6. The molecule has 4 bridgehead atoms. The van der Waals surface area contributed by atoms with E-state index in [4.69, 9.17) is 5.73 Å². The van der Waals surface area contributed by atoms with Crippen LogP contribution >= 0.6 is 0 Å². The van der Waals surface area contributed by atoms with E-state index in [1.54, 1.807) is 4.90 Å². The average molecular weight is 266 g/mol. The molecule has 108 valence electrons. The largest absolute Gasteiger partial charge is 0.465 e. The minimum absolute atomic E-state index is 0.142. The number of hydrogen-bond donors (Lipinski definition) is 2. The van der Waals surface area contributed by atoms with E-state index in [-0.39, 0.29) is 11.1 Å². The van der Waals surface area contributed by atoms with Gasteiger partial charge in [-0.25, -0.2) is 4.79 Å². The summed E-state index contributed by atoms with van der Waals surface area (Å²) in [6, 6.07) is 0.306. The molecule has 0 saturated heterocycles. The van der Waals surface area contributed by atoms with Crippen molar-refractivity contribution in [3.8, 4) is 0 Å². The first kappa shape index (κ1) is 13.2. The average Bonchev–Trinajstić information content (AvgIpc) is 2.21. The van der Waals surface area contributed by atoms with Crippen LogP contribution in [-0.4, -0.2) is 33.2 Å². The monoisotopic (exact) mass is 266 g/mol. The summed E-state index contributed by atoms with van der Waals surface area (Å²) < 4.78 is 0. The van der Waals surface area contributed by atoms with Crippen LogP contribution in [-0.2, 0) is 0 Å². The van der Waals surface area contributed by atoms with Crippen LogP contribution in [0.25, 0.3) is 0 Å². The van der Waals surface area contributed by atoms with Crippen molar-refractivity contribution in [1.82, 2.24) is 4.90 Å². The number of carboxylic acid groups (broad SMARTS) is 1. The molecule has 19 heavy (non-hydrogen) atoms. The standard InChI is InChI=1S/C15H26N2O2/c1-14(2,3)17(13(18)19)15-6-9-4-10(7-15)12(16)11(5-9)8-15/h9-12H,4-8,16H2,1-3H3,(H,18,19)/t9?,10-,11-,12?,15?/m0/s1. The lowest BCUT2D eigenvalue weighted by Crippen LogP contribution is -2.69. The van der Waals surface area contributed by atoms with Crippen molar-refractivity contribution in [2.45, 2.75) is 70.0 Å². The van der Waals surface area contributed by atoms with Crippen LogP contribution in [0.3, 0.4) is 0 Å². The zero-order valence-electron chi connectivity index (χ0n) is 12.2. The third-order valence-electron chi connectivity index (χ3n) is 5.65. The maximum absolute atomic E-state index is 11.8. The summed E-state index contributed by atoms with van der Waals surface area (Å²) in [7, 11) is 0. The second-order valence-electron chi connectivity index (χ2n) is 8.06. The smallest absolute Gasteiger partial charge is 0.408 e. The molecular formula is C15H26N2O2. The van der Waals surface area contributed by atoms with E-state index in [0.717, 1.165) is 19.3 Å². The van der Waals surface area contributed by atoms with Crippen LogP contribution < -0.4 is 5.73 Å². The van der Waals surface area contributed by atoms with Gasteiger partial charge in [-0.1, -0.05) is 0 Å². The molecule has 4 saturated carbocycles. The first-order valence-electron chi connectivity index (χ1n) is 7.52. The summed E-state index contributed by atoms with van der Waals surface area (Å²) in [6.45, 7) is 6.04. The second-order valence-corrected chi connectivity index (χ2v) is 8.06. The van der Waals surface area contributed by atoms with E-state index in [2.05, 4.69) is 0 Å². The number of carbonyl (C=O) groups is 1. The van der Waals surface area contributed by atoms with Gasteiger partial charge >= 0.3 is 6.09 Å². The van der Waals surface area contributed by atoms with Crippen molar-refractivity contribution >= 4 is 6.09 Å². The molecule has 4 rings (SSSR count). The molecule has 0 aliphatic heterocycles. The minimum Gasteiger partial charge on any atom is -0.465 e. The Balaban J connectivity index is 1.97. The summed E-state index contributed by atoms with van der Waals surface area (Å²) in [5, 5.41) is 9.73. The second kappa shape index (κ2) is 3.87. The fraction of sp³-hybridized carbons (Fsp3) is 0.933. The molecule has 0 aromatic heterocycles. The Labute approximate surface area is 115 Å². The number of nitrogens with two attached hydrogens (primary N) is 1. The van der Waals surface area contributed by atoms with Crippen molar-refractivity contribution < 1.29 is 9.90 Å². The third kappa shape index (κ3) is 1.87. The summed E-state index contributed by atoms with van der Waals surface area (Å²) >= 11 is 0. The molecule has 4 nitrogen and oxygen atoms in total. The van der Waals surface area contributed by atoms with Crippen LogP contribution in [0.5, 0.6) is 0 Å². The van der Waals surface area contributed by atoms with Crippen LogP contribution in [0, 0.1) is 17.8 Å². The predicted molar refractivity (Wildman–Crippen MR) is 73.9 cm³/mol. The van der Waals surface area contributed by atoms with Gasteiger partial charge in [0.05, 0.1) is 0 Å². The van der Waals surface area contributed by atoms with Crippen molar-refractivity contribution in [2.75, 3.05) is 0 Å². The lowest BCUT2D eigenvalue weighted by Gasteiger charge is -2.64. The van der Waals surface area contributed by atoms with Gasteiger partial charge in [-0.15, -0.1) is 0 Å². The van der Waals surface area contributed by atoms with Gasteiger partial charge in [-0.2, -0.15) is 0 Å². The zero-order valence-corrected chi connectivity index (χ0v) is 12.2. The van der Waals surface area contributed by atoms with Gasteiger partial charge in [0.15, 0.2) is 0 Å². The van der Waals surface area contributed by atoms with Gasteiger partial charge < -0.3 is 10.8 Å². The molecule has 1 amide bonds. The predicted octanol–water partition coefficient (Wildman–Crippen LogP) is 2.67. The molecule has 4 aliphatic carbocycles. The van der Waals surface area contributed by atoms with Crippen molar-refractivity contribution in [3.63, 3.8) is 0 Å². The Morgan fingerprint density at radius 3 is 2.16 bits per heavy atom. The van der Waals surface area contributed by atoms with Gasteiger partial charge in [0.1, 0.15) is 0 Å². The highest BCUT2D eigenvalue weighted by Gasteiger charge is 2.59. The van der Waals surface area contributed by atoms with E-state index in [1.807, 2.05) is 20.8 Å². The molecule has 0 spiro atoms. The Morgan fingerprint density at radius 1 is 1.21 bits per heavy atom. The Bertz CT molecular complexity index is 385. The normalized spacial score (nSPS) is 44.4. The Morgan fingerprint density at radius 2 is 1.74 bits per heavy atom. The Hall–Kier alpha value is -0.770. The highest BCUT2D eigenvalue weighted by Crippen LogP contribution is 2.58. The van der Waals surface area contributed by atoms with Gasteiger partial charge in [-0.3, -0.25) is 4.90 Å². The summed E-state index contributed by atoms with van der Waals surface area (Å²) in [5.74, 6) is 1.77. The van der Waals surface area contributed by atoms with Gasteiger partial charge in [0, 0.05) is 17.1 Å². The van der Waals surface area contributed by atoms with Gasteiger partial charge in [0.2, 0.25) is 0 Å². The lowest BCUT2D eigenvalue weighted by molar-refractivity contribution is -0.112. The molecule has 3 N–H and O–H groups in total. The van der Waals surface area contributed by atoms with Crippen molar-refractivity contribution in [1.29, 1.82) is 0 Å². The molecule has 0 radical (unpaired) electrons. The number of amides is 1. The highest BCUT2D eigenvalue weighted by atomic mass is 16.4. The molecule has 4 fully saturated rings. The van der Waals surface area contributed by atoms with Gasteiger partial charge in [0.25, 0.3) is 0 Å². The third-order valence-corrected chi connectivity index (χ3v) is 5.65. The molecule has 0 aromatic rings. The number of nitrogens with zero attached hydrogens (tertiary/aromatic N) is 1. The van der Waals surface area contributed by atoms with E-state index >= 15 is 0 Å². The van der Waals surface area contributed by atoms with E-state index in [9.17, 15) is 9.90 Å². The zero-order chi connectivity index (χ0) is 14.0. The Kier molecular flexibility index (Phi) is 2.70. The van der Waals surface area contributed by atoms with Crippen LogP contribution in [0.1, 0.15) is 52.9 Å². The highest BCUT2D eigenvalue weighted by molar-refractivity contribution is 5.67. The maximum atomic E-state index is 11.8. The minimum atomic E-state index is -0.761. The van der Waals surface area contributed by atoms with Gasteiger partial charge in [-0.05, 0) is 70.6 Å². The molecule has 0 unspecified atom stereocenters. The van der Waals surface area contributed by atoms with Crippen LogP contribution in [0.4, 0.5) is 4.79 Å². The summed E-state index contributed by atoms with van der Waals surface area (Å²) in [5.41, 5.74) is 5.87. The maximum Gasteiger partial charge on any atom is 0.408 e. The lowest BCUT2D eigenvalue weighted by atomic mass is 9.50.